The van der Waals surface area contributed by atoms with E-state index in [0.29, 0.717) is 5.92 Å². The van der Waals surface area contributed by atoms with E-state index in [4.69, 9.17) is 17.3 Å². The van der Waals surface area contributed by atoms with Gasteiger partial charge in [0.15, 0.2) is 0 Å². The van der Waals surface area contributed by atoms with Crippen LogP contribution < -0.4 is 5.73 Å². The molecule has 1 atom stereocenters. The van der Waals surface area contributed by atoms with Gasteiger partial charge in [-0.05, 0) is 30.9 Å². The smallest absolute Gasteiger partial charge is 0.0960 e. The second-order valence-electron chi connectivity index (χ2n) is 3.84. The molecule has 0 aromatic carbocycles. The molecule has 1 aromatic rings. The predicted molar refractivity (Wildman–Crippen MR) is 60.4 cm³/mol. The SMILES string of the molecule is Cc1cc(C(N)CC(C)C)sc1Cl. The van der Waals surface area contributed by atoms with Crippen LogP contribution in [0, 0.1) is 12.8 Å². The monoisotopic (exact) mass is 217 g/mol. The Morgan fingerprint density at radius 3 is 2.54 bits per heavy atom. The Bertz CT molecular complexity index is 261. The Hall–Kier alpha value is -0.0500. The quantitative estimate of drug-likeness (QED) is 0.820. The highest BCUT2D eigenvalue weighted by atomic mass is 35.5. The lowest BCUT2D eigenvalue weighted by Crippen LogP contribution is -2.11. The van der Waals surface area contributed by atoms with Gasteiger partial charge in [0.2, 0.25) is 0 Å². The van der Waals surface area contributed by atoms with Crippen LogP contribution in [0.1, 0.15) is 36.8 Å². The Kier molecular flexibility index (Phi) is 3.77. The van der Waals surface area contributed by atoms with E-state index in [1.54, 1.807) is 11.3 Å². The number of rotatable bonds is 3. The Morgan fingerprint density at radius 1 is 1.54 bits per heavy atom. The number of hydrogen-bond acceptors (Lipinski definition) is 2. The van der Waals surface area contributed by atoms with Gasteiger partial charge in [0.05, 0.1) is 4.34 Å². The summed E-state index contributed by atoms with van der Waals surface area (Å²) < 4.78 is 0.870. The van der Waals surface area contributed by atoms with E-state index in [9.17, 15) is 0 Å². The van der Waals surface area contributed by atoms with Gasteiger partial charge in [-0.1, -0.05) is 25.4 Å². The molecule has 1 heterocycles. The first kappa shape index (κ1) is 11.0. The average Bonchev–Trinajstić information content (AvgIpc) is 2.31. The van der Waals surface area contributed by atoms with Crippen molar-refractivity contribution in [2.24, 2.45) is 11.7 Å². The van der Waals surface area contributed by atoms with Crippen molar-refractivity contribution in [3.05, 3.63) is 20.8 Å². The maximum absolute atomic E-state index is 6.03. The minimum atomic E-state index is 0.149. The van der Waals surface area contributed by atoms with Gasteiger partial charge in [-0.2, -0.15) is 0 Å². The molecular weight excluding hydrogens is 202 g/mol. The first-order valence-electron chi connectivity index (χ1n) is 4.52. The lowest BCUT2D eigenvalue weighted by Gasteiger charge is -2.11. The van der Waals surface area contributed by atoms with Crippen LogP contribution in [0.3, 0.4) is 0 Å². The molecule has 0 fully saturated rings. The van der Waals surface area contributed by atoms with Crippen LogP contribution in [-0.2, 0) is 0 Å². The van der Waals surface area contributed by atoms with Crippen LogP contribution in [0.5, 0.6) is 0 Å². The summed E-state index contributed by atoms with van der Waals surface area (Å²) in [5.74, 6) is 0.635. The van der Waals surface area contributed by atoms with Crippen molar-refractivity contribution < 1.29 is 0 Å². The lowest BCUT2D eigenvalue weighted by molar-refractivity contribution is 0.515. The highest BCUT2D eigenvalue weighted by Crippen LogP contribution is 2.32. The summed E-state index contributed by atoms with van der Waals surface area (Å²) in [5.41, 5.74) is 7.17. The van der Waals surface area contributed by atoms with Crippen molar-refractivity contribution >= 4 is 22.9 Å². The van der Waals surface area contributed by atoms with Gasteiger partial charge < -0.3 is 5.73 Å². The molecule has 1 nitrogen and oxygen atoms in total. The van der Waals surface area contributed by atoms with E-state index in [-0.39, 0.29) is 6.04 Å². The second-order valence-corrected chi connectivity index (χ2v) is 5.53. The van der Waals surface area contributed by atoms with Gasteiger partial charge >= 0.3 is 0 Å². The minimum Gasteiger partial charge on any atom is -0.323 e. The summed E-state index contributed by atoms with van der Waals surface area (Å²) in [6, 6.07) is 2.25. The number of nitrogens with two attached hydrogens (primary N) is 1. The third-order valence-electron chi connectivity index (χ3n) is 1.97. The predicted octanol–water partition coefficient (Wildman–Crippen LogP) is 3.76. The van der Waals surface area contributed by atoms with Gasteiger partial charge in [-0.15, -0.1) is 11.3 Å². The van der Waals surface area contributed by atoms with Crippen molar-refractivity contribution in [1.29, 1.82) is 0 Å². The summed E-state index contributed by atoms with van der Waals surface area (Å²) in [5, 5.41) is 0. The highest BCUT2D eigenvalue weighted by molar-refractivity contribution is 7.16. The Labute approximate surface area is 88.9 Å². The fourth-order valence-corrected chi connectivity index (χ4v) is 2.52. The molecule has 0 spiro atoms. The van der Waals surface area contributed by atoms with Crippen LogP contribution in [0.15, 0.2) is 6.07 Å². The largest absolute Gasteiger partial charge is 0.323 e. The topological polar surface area (TPSA) is 26.0 Å². The molecule has 2 N–H and O–H groups in total. The first-order chi connectivity index (χ1) is 6.00. The molecule has 0 aliphatic rings. The summed E-state index contributed by atoms with van der Waals surface area (Å²) in [4.78, 5) is 1.20. The molecule has 74 valence electrons. The summed E-state index contributed by atoms with van der Waals surface area (Å²) in [6.07, 6.45) is 1.02. The molecule has 0 bridgehead atoms. The summed E-state index contributed by atoms with van der Waals surface area (Å²) in [7, 11) is 0. The van der Waals surface area contributed by atoms with E-state index in [2.05, 4.69) is 19.9 Å². The van der Waals surface area contributed by atoms with Crippen molar-refractivity contribution in [3.63, 3.8) is 0 Å². The zero-order valence-corrected chi connectivity index (χ0v) is 9.88. The zero-order valence-electron chi connectivity index (χ0n) is 8.30. The van der Waals surface area contributed by atoms with E-state index in [1.807, 2.05) is 6.92 Å². The molecule has 1 rings (SSSR count). The molecule has 3 heteroatoms. The molecular formula is C10H16ClNS. The van der Waals surface area contributed by atoms with Crippen molar-refractivity contribution in [1.82, 2.24) is 0 Å². The molecule has 0 saturated carbocycles. The summed E-state index contributed by atoms with van der Waals surface area (Å²) >= 11 is 7.58. The van der Waals surface area contributed by atoms with Crippen molar-refractivity contribution in [2.75, 3.05) is 0 Å². The fraction of sp³-hybridized carbons (Fsp3) is 0.600. The van der Waals surface area contributed by atoms with E-state index >= 15 is 0 Å². The van der Waals surface area contributed by atoms with Crippen LogP contribution in [0.25, 0.3) is 0 Å². The van der Waals surface area contributed by atoms with E-state index < -0.39 is 0 Å². The Morgan fingerprint density at radius 2 is 2.15 bits per heavy atom. The second kappa shape index (κ2) is 4.45. The van der Waals surface area contributed by atoms with E-state index in [0.717, 1.165) is 16.3 Å². The zero-order chi connectivity index (χ0) is 10.0. The fourth-order valence-electron chi connectivity index (χ4n) is 1.29. The van der Waals surface area contributed by atoms with Gasteiger partial charge in [0.25, 0.3) is 0 Å². The summed E-state index contributed by atoms with van der Waals surface area (Å²) in [6.45, 7) is 6.38. The number of halogens is 1. The van der Waals surface area contributed by atoms with Crippen LogP contribution in [0.4, 0.5) is 0 Å². The van der Waals surface area contributed by atoms with Gasteiger partial charge in [0, 0.05) is 10.9 Å². The third-order valence-corrected chi connectivity index (χ3v) is 3.65. The average molecular weight is 218 g/mol. The Balaban J connectivity index is 2.71. The molecule has 1 unspecified atom stereocenters. The van der Waals surface area contributed by atoms with Gasteiger partial charge in [0.1, 0.15) is 0 Å². The highest BCUT2D eigenvalue weighted by Gasteiger charge is 2.12. The van der Waals surface area contributed by atoms with Gasteiger partial charge in [-0.3, -0.25) is 0 Å². The molecule has 0 amide bonds. The molecule has 0 radical (unpaired) electrons. The van der Waals surface area contributed by atoms with Crippen LogP contribution in [-0.4, -0.2) is 0 Å². The molecule has 0 saturated heterocycles. The maximum atomic E-state index is 6.03. The van der Waals surface area contributed by atoms with Gasteiger partial charge in [-0.25, -0.2) is 0 Å². The lowest BCUT2D eigenvalue weighted by atomic mass is 10.0. The normalized spacial score (nSPS) is 13.7. The maximum Gasteiger partial charge on any atom is 0.0960 e. The first-order valence-corrected chi connectivity index (χ1v) is 5.71. The molecule has 1 aromatic heterocycles. The van der Waals surface area contributed by atoms with Crippen LogP contribution >= 0.6 is 22.9 Å². The minimum absolute atomic E-state index is 0.149. The number of hydrogen-bond donors (Lipinski definition) is 1. The third kappa shape index (κ3) is 2.97. The van der Waals surface area contributed by atoms with Crippen molar-refractivity contribution in [3.8, 4) is 0 Å². The number of aryl methyl sites for hydroxylation is 1. The van der Waals surface area contributed by atoms with Crippen molar-refractivity contribution in [2.45, 2.75) is 33.2 Å². The molecule has 0 aliphatic carbocycles. The molecule has 0 aliphatic heterocycles. The molecule has 13 heavy (non-hydrogen) atoms. The standard InChI is InChI=1S/C10H16ClNS/c1-6(2)4-8(12)9-5-7(3)10(11)13-9/h5-6,8H,4,12H2,1-3H3. The number of thiophene rings is 1. The van der Waals surface area contributed by atoms with Crippen LogP contribution in [0.2, 0.25) is 4.34 Å². The van der Waals surface area contributed by atoms with E-state index in [1.165, 1.54) is 4.88 Å².